The predicted octanol–water partition coefficient (Wildman–Crippen LogP) is 4.01. The SMILES string of the molecule is CCOc1ccc(NC(=O)c2ccnc(Nc3cccc(F)c3)n2)cc1. The molecule has 0 aliphatic rings. The molecule has 6 nitrogen and oxygen atoms in total. The highest BCUT2D eigenvalue weighted by Crippen LogP contribution is 2.17. The number of hydrogen-bond donors (Lipinski definition) is 2. The fourth-order valence-electron chi connectivity index (χ4n) is 2.24. The third-order valence-corrected chi connectivity index (χ3v) is 3.39. The summed E-state index contributed by atoms with van der Waals surface area (Å²) < 4.78 is 18.6. The second-order valence-corrected chi connectivity index (χ2v) is 5.31. The molecule has 7 heteroatoms. The average Bonchev–Trinajstić information content (AvgIpc) is 2.64. The number of hydrogen-bond acceptors (Lipinski definition) is 5. The van der Waals surface area contributed by atoms with Gasteiger partial charge in [-0.25, -0.2) is 14.4 Å². The van der Waals surface area contributed by atoms with Gasteiger partial charge in [-0.1, -0.05) is 6.07 Å². The Morgan fingerprint density at radius 2 is 1.92 bits per heavy atom. The summed E-state index contributed by atoms with van der Waals surface area (Å²) in [5, 5.41) is 5.62. The quantitative estimate of drug-likeness (QED) is 0.701. The molecule has 0 bridgehead atoms. The van der Waals surface area contributed by atoms with Crippen LogP contribution in [0, 0.1) is 5.82 Å². The summed E-state index contributed by atoms with van der Waals surface area (Å²) in [5.74, 6) is 0.183. The number of carbonyl (C=O) groups is 1. The fraction of sp³-hybridized carbons (Fsp3) is 0.105. The molecule has 1 heterocycles. The smallest absolute Gasteiger partial charge is 0.274 e. The van der Waals surface area contributed by atoms with E-state index in [2.05, 4.69) is 20.6 Å². The Hall–Kier alpha value is -3.48. The number of halogens is 1. The summed E-state index contributed by atoms with van der Waals surface area (Å²) in [6, 6.07) is 14.4. The maximum Gasteiger partial charge on any atom is 0.274 e. The van der Waals surface area contributed by atoms with E-state index in [1.54, 1.807) is 36.4 Å². The first-order valence-corrected chi connectivity index (χ1v) is 8.04. The van der Waals surface area contributed by atoms with Crippen LogP contribution in [-0.2, 0) is 0 Å². The van der Waals surface area contributed by atoms with Gasteiger partial charge in [0.15, 0.2) is 0 Å². The molecule has 0 aliphatic carbocycles. The van der Waals surface area contributed by atoms with Crippen LogP contribution in [0.4, 0.5) is 21.7 Å². The lowest BCUT2D eigenvalue weighted by Crippen LogP contribution is -2.14. The van der Waals surface area contributed by atoms with Gasteiger partial charge in [-0.2, -0.15) is 0 Å². The summed E-state index contributed by atoms with van der Waals surface area (Å²) >= 11 is 0. The monoisotopic (exact) mass is 352 g/mol. The molecule has 3 rings (SSSR count). The van der Waals surface area contributed by atoms with Crippen molar-refractivity contribution in [3.05, 3.63) is 72.3 Å². The molecule has 2 aromatic carbocycles. The van der Waals surface area contributed by atoms with Crippen molar-refractivity contribution < 1.29 is 13.9 Å². The number of nitrogens with one attached hydrogen (secondary N) is 2. The number of nitrogens with zero attached hydrogens (tertiary/aromatic N) is 2. The third-order valence-electron chi connectivity index (χ3n) is 3.39. The van der Waals surface area contributed by atoms with Gasteiger partial charge in [0.1, 0.15) is 17.3 Å². The van der Waals surface area contributed by atoms with Crippen molar-refractivity contribution in [2.45, 2.75) is 6.92 Å². The van der Waals surface area contributed by atoms with Crippen molar-refractivity contribution in [2.75, 3.05) is 17.2 Å². The number of carbonyl (C=O) groups excluding carboxylic acids is 1. The summed E-state index contributed by atoms with van der Waals surface area (Å²) in [4.78, 5) is 20.6. The Balaban J connectivity index is 1.69. The van der Waals surface area contributed by atoms with E-state index in [9.17, 15) is 9.18 Å². The zero-order chi connectivity index (χ0) is 18.4. The van der Waals surface area contributed by atoms with Crippen LogP contribution in [0.3, 0.4) is 0 Å². The lowest BCUT2D eigenvalue weighted by Gasteiger charge is -2.08. The van der Waals surface area contributed by atoms with Gasteiger partial charge in [-0.05, 0) is 55.5 Å². The molecule has 0 fully saturated rings. The minimum Gasteiger partial charge on any atom is -0.494 e. The largest absolute Gasteiger partial charge is 0.494 e. The highest BCUT2D eigenvalue weighted by molar-refractivity contribution is 6.03. The van der Waals surface area contributed by atoms with Crippen LogP contribution >= 0.6 is 0 Å². The minimum absolute atomic E-state index is 0.188. The molecule has 26 heavy (non-hydrogen) atoms. The molecule has 132 valence electrons. The van der Waals surface area contributed by atoms with E-state index in [-0.39, 0.29) is 23.4 Å². The van der Waals surface area contributed by atoms with Crippen LogP contribution in [0.15, 0.2) is 60.8 Å². The summed E-state index contributed by atoms with van der Waals surface area (Å²) in [6.07, 6.45) is 1.46. The van der Waals surface area contributed by atoms with Crippen LogP contribution < -0.4 is 15.4 Å². The van der Waals surface area contributed by atoms with Crippen LogP contribution in [-0.4, -0.2) is 22.5 Å². The van der Waals surface area contributed by atoms with Gasteiger partial charge in [0.05, 0.1) is 6.61 Å². The van der Waals surface area contributed by atoms with Crippen LogP contribution in [0.5, 0.6) is 5.75 Å². The van der Waals surface area contributed by atoms with Crippen molar-refractivity contribution in [2.24, 2.45) is 0 Å². The molecular weight excluding hydrogens is 335 g/mol. The molecule has 2 N–H and O–H groups in total. The summed E-state index contributed by atoms with van der Waals surface area (Å²) in [5.41, 5.74) is 1.30. The Morgan fingerprint density at radius 1 is 1.12 bits per heavy atom. The highest BCUT2D eigenvalue weighted by atomic mass is 19.1. The van der Waals surface area contributed by atoms with Crippen molar-refractivity contribution in [1.29, 1.82) is 0 Å². The number of aromatic nitrogens is 2. The zero-order valence-corrected chi connectivity index (χ0v) is 14.1. The average molecular weight is 352 g/mol. The molecule has 0 saturated carbocycles. The van der Waals surface area contributed by atoms with Crippen molar-refractivity contribution in [3.8, 4) is 5.75 Å². The first-order valence-electron chi connectivity index (χ1n) is 8.04. The van der Waals surface area contributed by atoms with Crippen molar-refractivity contribution >= 4 is 23.2 Å². The third kappa shape index (κ3) is 4.54. The van der Waals surface area contributed by atoms with Crippen LogP contribution in [0.1, 0.15) is 17.4 Å². The second kappa shape index (κ2) is 8.06. The Labute approximate surface area is 150 Å². The van der Waals surface area contributed by atoms with E-state index < -0.39 is 0 Å². The van der Waals surface area contributed by atoms with Gasteiger partial charge in [-0.3, -0.25) is 4.79 Å². The molecule has 0 radical (unpaired) electrons. The number of ether oxygens (including phenoxy) is 1. The number of rotatable bonds is 6. The van der Waals surface area contributed by atoms with E-state index in [1.807, 2.05) is 6.92 Å². The lowest BCUT2D eigenvalue weighted by atomic mass is 10.3. The van der Waals surface area contributed by atoms with E-state index in [4.69, 9.17) is 4.74 Å². The van der Waals surface area contributed by atoms with E-state index in [0.29, 0.717) is 18.0 Å². The fourth-order valence-corrected chi connectivity index (χ4v) is 2.24. The van der Waals surface area contributed by atoms with Gasteiger partial charge in [0.2, 0.25) is 5.95 Å². The highest BCUT2D eigenvalue weighted by Gasteiger charge is 2.10. The molecule has 0 unspecified atom stereocenters. The Kier molecular flexibility index (Phi) is 5.38. The van der Waals surface area contributed by atoms with E-state index >= 15 is 0 Å². The van der Waals surface area contributed by atoms with Gasteiger partial charge in [0, 0.05) is 17.6 Å². The lowest BCUT2D eigenvalue weighted by molar-refractivity contribution is 0.102. The normalized spacial score (nSPS) is 10.2. The van der Waals surface area contributed by atoms with E-state index in [1.165, 1.54) is 24.4 Å². The van der Waals surface area contributed by atoms with Gasteiger partial charge in [0.25, 0.3) is 5.91 Å². The van der Waals surface area contributed by atoms with Crippen LogP contribution in [0.25, 0.3) is 0 Å². The second-order valence-electron chi connectivity index (χ2n) is 5.31. The minimum atomic E-state index is -0.376. The van der Waals surface area contributed by atoms with Gasteiger partial charge in [-0.15, -0.1) is 0 Å². The number of anilines is 3. The number of amides is 1. The molecular formula is C19H17FN4O2. The summed E-state index contributed by atoms with van der Waals surface area (Å²) in [6.45, 7) is 2.48. The Bertz CT molecular complexity index is 900. The first-order chi connectivity index (χ1) is 12.6. The Morgan fingerprint density at radius 3 is 2.65 bits per heavy atom. The van der Waals surface area contributed by atoms with Gasteiger partial charge >= 0.3 is 0 Å². The standard InChI is InChI=1S/C19H17FN4O2/c1-2-26-16-8-6-14(7-9-16)22-18(25)17-10-11-21-19(24-17)23-15-5-3-4-13(20)12-15/h3-12H,2H2,1H3,(H,22,25)(H,21,23,24). The predicted molar refractivity (Wildman–Crippen MR) is 97.3 cm³/mol. The molecule has 3 aromatic rings. The van der Waals surface area contributed by atoms with Crippen LogP contribution in [0.2, 0.25) is 0 Å². The molecule has 0 aliphatic heterocycles. The molecule has 1 aromatic heterocycles. The molecule has 0 atom stereocenters. The van der Waals surface area contributed by atoms with Gasteiger partial charge < -0.3 is 15.4 Å². The topological polar surface area (TPSA) is 76.1 Å². The molecule has 0 spiro atoms. The number of benzene rings is 2. The molecule has 0 saturated heterocycles. The van der Waals surface area contributed by atoms with Crippen molar-refractivity contribution in [3.63, 3.8) is 0 Å². The van der Waals surface area contributed by atoms with Crippen molar-refractivity contribution in [1.82, 2.24) is 9.97 Å². The first kappa shape index (κ1) is 17.3. The van der Waals surface area contributed by atoms with E-state index in [0.717, 1.165) is 5.75 Å². The summed E-state index contributed by atoms with van der Waals surface area (Å²) in [7, 11) is 0. The zero-order valence-electron chi connectivity index (χ0n) is 14.1. The maximum atomic E-state index is 13.2. The molecule has 1 amide bonds. The maximum absolute atomic E-state index is 13.2.